The van der Waals surface area contributed by atoms with Crippen molar-refractivity contribution in [3.63, 3.8) is 0 Å². The van der Waals surface area contributed by atoms with Crippen LogP contribution in [0.1, 0.15) is 26.3 Å². The van der Waals surface area contributed by atoms with Gasteiger partial charge in [-0.1, -0.05) is 26.8 Å². The highest BCUT2D eigenvalue weighted by atomic mass is 15.2. The maximum absolute atomic E-state index is 5.93. The van der Waals surface area contributed by atoms with Crippen molar-refractivity contribution in [2.75, 3.05) is 36.8 Å². The minimum atomic E-state index is 0.100. The molecule has 0 atom stereocenters. The van der Waals surface area contributed by atoms with Crippen molar-refractivity contribution >= 4 is 22.7 Å². The molecule has 0 bridgehead atoms. The molecule has 1 aromatic carbocycles. The van der Waals surface area contributed by atoms with Crippen LogP contribution in [0.3, 0.4) is 0 Å². The Bertz CT molecular complexity index is 654. The van der Waals surface area contributed by atoms with Gasteiger partial charge in [-0.05, 0) is 23.1 Å². The molecule has 2 heterocycles. The molecule has 0 spiro atoms. The summed E-state index contributed by atoms with van der Waals surface area (Å²) in [4.78, 5) is 11.2. The van der Waals surface area contributed by atoms with Gasteiger partial charge in [0.15, 0.2) is 0 Å². The predicted octanol–water partition coefficient (Wildman–Crippen LogP) is 1.92. The fourth-order valence-electron chi connectivity index (χ4n) is 2.71. The summed E-state index contributed by atoms with van der Waals surface area (Å²) in [5.41, 5.74) is 8.22. The van der Waals surface area contributed by atoms with Crippen LogP contribution in [0.15, 0.2) is 18.2 Å². The van der Waals surface area contributed by atoms with Crippen LogP contribution in [0.4, 0.5) is 11.8 Å². The molecule has 0 radical (unpaired) electrons. The highest BCUT2D eigenvalue weighted by Gasteiger charge is 2.19. The molecule has 5 nitrogen and oxygen atoms in total. The van der Waals surface area contributed by atoms with E-state index in [1.807, 2.05) is 0 Å². The van der Waals surface area contributed by atoms with Gasteiger partial charge in [0.25, 0.3) is 0 Å². The Kier molecular flexibility index (Phi) is 3.45. The van der Waals surface area contributed by atoms with Crippen LogP contribution in [0.5, 0.6) is 0 Å². The van der Waals surface area contributed by atoms with E-state index in [2.05, 4.69) is 59.2 Å². The number of nitrogen functional groups attached to an aromatic ring is 1. The number of aromatic nitrogens is 2. The molecule has 112 valence electrons. The van der Waals surface area contributed by atoms with Gasteiger partial charge in [-0.2, -0.15) is 4.98 Å². The van der Waals surface area contributed by atoms with Crippen LogP contribution in [0.25, 0.3) is 10.9 Å². The number of rotatable bonds is 1. The molecule has 1 fully saturated rings. The van der Waals surface area contributed by atoms with Crippen molar-refractivity contribution in [1.82, 2.24) is 15.3 Å². The SMILES string of the molecule is CC(C)(C)c1ccc2c(N3CCNCC3)nc(N)nc2c1. The maximum Gasteiger partial charge on any atom is 0.222 e. The van der Waals surface area contributed by atoms with E-state index in [-0.39, 0.29) is 5.41 Å². The molecule has 1 aromatic heterocycles. The van der Waals surface area contributed by atoms with Crippen LogP contribution in [0.2, 0.25) is 0 Å². The molecule has 3 N–H and O–H groups in total. The first kappa shape index (κ1) is 14.1. The summed E-state index contributed by atoms with van der Waals surface area (Å²) < 4.78 is 0. The van der Waals surface area contributed by atoms with E-state index in [1.54, 1.807) is 0 Å². The lowest BCUT2D eigenvalue weighted by Crippen LogP contribution is -2.44. The zero-order valence-corrected chi connectivity index (χ0v) is 13.0. The fourth-order valence-corrected chi connectivity index (χ4v) is 2.71. The summed E-state index contributed by atoms with van der Waals surface area (Å²) in [6.45, 7) is 10.5. The zero-order chi connectivity index (χ0) is 15.0. The molecule has 21 heavy (non-hydrogen) atoms. The van der Waals surface area contributed by atoms with E-state index in [4.69, 9.17) is 5.73 Å². The average Bonchev–Trinajstić information content (AvgIpc) is 2.45. The van der Waals surface area contributed by atoms with Gasteiger partial charge in [0.2, 0.25) is 5.95 Å². The average molecular weight is 285 g/mol. The van der Waals surface area contributed by atoms with E-state index >= 15 is 0 Å². The van der Waals surface area contributed by atoms with Gasteiger partial charge in [-0.25, -0.2) is 4.98 Å². The molecule has 3 rings (SSSR count). The lowest BCUT2D eigenvalue weighted by molar-refractivity contribution is 0.586. The van der Waals surface area contributed by atoms with E-state index in [0.717, 1.165) is 42.9 Å². The van der Waals surface area contributed by atoms with Crippen LogP contribution < -0.4 is 16.0 Å². The second-order valence-electron chi connectivity index (χ2n) is 6.62. The van der Waals surface area contributed by atoms with Crippen molar-refractivity contribution in [2.45, 2.75) is 26.2 Å². The van der Waals surface area contributed by atoms with Gasteiger partial charge in [0, 0.05) is 31.6 Å². The minimum absolute atomic E-state index is 0.100. The van der Waals surface area contributed by atoms with Crippen molar-refractivity contribution in [2.24, 2.45) is 0 Å². The Labute approximate surface area is 125 Å². The highest BCUT2D eigenvalue weighted by Crippen LogP contribution is 2.30. The largest absolute Gasteiger partial charge is 0.368 e. The van der Waals surface area contributed by atoms with E-state index < -0.39 is 0 Å². The molecular formula is C16H23N5. The molecule has 1 saturated heterocycles. The predicted molar refractivity (Wildman–Crippen MR) is 87.7 cm³/mol. The van der Waals surface area contributed by atoms with E-state index in [0.29, 0.717) is 5.95 Å². The third-order valence-electron chi connectivity index (χ3n) is 3.98. The third kappa shape index (κ3) is 2.78. The Balaban J connectivity index is 2.12. The molecule has 0 unspecified atom stereocenters. The number of nitrogens with zero attached hydrogens (tertiary/aromatic N) is 3. The van der Waals surface area contributed by atoms with Crippen LogP contribution in [0, 0.1) is 0 Å². The summed E-state index contributed by atoms with van der Waals surface area (Å²) in [5, 5.41) is 4.44. The van der Waals surface area contributed by atoms with Crippen molar-refractivity contribution in [1.29, 1.82) is 0 Å². The van der Waals surface area contributed by atoms with E-state index in [1.165, 1.54) is 5.56 Å². The first-order valence-electron chi connectivity index (χ1n) is 7.48. The normalized spacial score (nSPS) is 16.4. The summed E-state index contributed by atoms with van der Waals surface area (Å²) in [6, 6.07) is 6.44. The van der Waals surface area contributed by atoms with Crippen molar-refractivity contribution in [3.8, 4) is 0 Å². The minimum Gasteiger partial charge on any atom is -0.368 e. The topological polar surface area (TPSA) is 67.1 Å². The zero-order valence-electron chi connectivity index (χ0n) is 13.0. The molecule has 0 aliphatic carbocycles. The fraction of sp³-hybridized carbons (Fsp3) is 0.500. The Hall–Kier alpha value is -1.88. The van der Waals surface area contributed by atoms with Gasteiger partial charge in [-0.3, -0.25) is 0 Å². The number of anilines is 2. The molecule has 0 amide bonds. The monoisotopic (exact) mass is 285 g/mol. The number of hydrogen-bond donors (Lipinski definition) is 2. The third-order valence-corrected chi connectivity index (χ3v) is 3.98. The highest BCUT2D eigenvalue weighted by molar-refractivity contribution is 5.91. The standard InChI is InChI=1S/C16H23N5/c1-16(2,3)11-4-5-12-13(10-11)19-15(17)20-14(12)21-8-6-18-7-9-21/h4-5,10,18H,6-9H2,1-3H3,(H2,17,19,20). The Morgan fingerprint density at radius 2 is 1.86 bits per heavy atom. The molecular weight excluding hydrogens is 262 g/mol. The summed E-state index contributed by atoms with van der Waals surface area (Å²) in [6.07, 6.45) is 0. The second-order valence-corrected chi connectivity index (χ2v) is 6.62. The molecule has 5 heteroatoms. The smallest absolute Gasteiger partial charge is 0.222 e. The lowest BCUT2D eigenvalue weighted by Gasteiger charge is -2.29. The Morgan fingerprint density at radius 1 is 1.14 bits per heavy atom. The van der Waals surface area contributed by atoms with Gasteiger partial charge in [0.1, 0.15) is 5.82 Å². The summed E-state index contributed by atoms with van der Waals surface area (Å²) >= 11 is 0. The number of nitrogens with two attached hydrogens (primary N) is 1. The van der Waals surface area contributed by atoms with Crippen molar-refractivity contribution in [3.05, 3.63) is 23.8 Å². The summed E-state index contributed by atoms with van der Waals surface area (Å²) in [7, 11) is 0. The van der Waals surface area contributed by atoms with Gasteiger partial charge in [-0.15, -0.1) is 0 Å². The number of nitrogens with one attached hydrogen (secondary N) is 1. The van der Waals surface area contributed by atoms with Crippen LogP contribution in [-0.4, -0.2) is 36.1 Å². The van der Waals surface area contributed by atoms with Crippen molar-refractivity contribution < 1.29 is 0 Å². The first-order chi connectivity index (χ1) is 9.95. The molecule has 0 saturated carbocycles. The van der Waals surface area contributed by atoms with Crippen LogP contribution >= 0.6 is 0 Å². The number of hydrogen-bond acceptors (Lipinski definition) is 5. The summed E-state index contributed by atoms with van der Waals surface area (Å²) in [5.74, 6) is 1.31. The van der Waals surface area contributed by atoms with Crippen LogP contribution in [-0.2, 0) is 5.41 Å². The first-order valence-corrected chi connectivity index (χ1v) is 7.48. The quantitative estimate of drug-likeness (QED) is 0.838. The molecule has 1 aliphatic heterocycles. The molecule has 1 aliphatic rings. The number of benzene rings is 1. The number of fused-ring (bicyclic) bond motifs is 1. The molecule has 2 aromatic rings. The van der Waals surface area contributed by atoms with Gasteiger partial charge in [0.05, 0.1) is 5.52 Å². The Morgan fingerprint density at radius 3 is 2.52 bits per heavy atom. The van der Waals surface area contributed by atoms with Gasteiger partial charge < -0.3 is 16.0 Å². The second kappa shape index (κ2) is 5.15. The van der Waals surface area contributed by atoms with Gasteiger partial charge >= 0.3 is 0 Å². The number of piperazine rings is 1. The maximum atomic E-state index is 5.93. The lowest BCUT2D eigenvalue weighted by atomic mass is 9.86. The van der Waals surface area contributed by atoms with E-state index in [9.17, 15) is 0 Å².